The number of likely N-dealkylation sites (tertiary alicyclic amines) is 1. The van der Waals surface area contributed by atoms with Gasteiger partial charge in [0.15, 0.2) is 0 Å². The standard InChI is InChI=1S/C13H25NO3/c1-2-3-8-12(13(16)17)14-9-6-4-5-7-11(14)10-15/h11-12,15H,2-10H2,1H3,(H,16,17). The number of carboxylic acid groups (broad SMARTS) is 1. The van der Waals surface area contributed by atoms with Crippen molar-refractivity contribution in [1.82, 2.24) is 4.90 Å². The number of rotatable bonds is 6. The Morgan fingerprint density at radius 1 is 1.41 bits per heavy atom. The van der Waals surface area contributed by atoms with E-state index in [1.165, 1.54) is 0 Å². The van der Waals surface area contributed by atoms with Crippen LogP contribution in [0.15, 0.2) is 0 Å². The van der Waals surface area contributed by atoms with Crippen molar-refractivity contribution in [2.45, 2.75) is 64.0 Å². The van der Waals surface area contributed by atoms with Gasteiger partial charge in [0, 0.05) is 6.04 Å². The Morgan fingerprint density at radius 3 is 2.76 bits per heavy atom. The lowest BCUT2D eigenvalue weighted by molar-refractivity contribution is -0.145. The molecular formula is C13H25NO3. The van der Waals surface area contributed by atoms with Gasteiger partial charge in [-0.15, -0.1) is 0 Å². The Balaban J connectivity index is 2.69. The second-order valence-electron chi connectivity index (χ2n) is 4.92. The molecule has 2 unspecified atom stereocenters. The Hall–Kier alpha value is -0.610. The Kier molecular flexibility index (Phi) is 6.52. The maximum atomic E-state index is 11.4. The van der Waals surface area contributed by atoms with Crippen LogP contribution in [0.2, 0.25) is 0 Å². The number of carboxylic acids is 1. The maximum Gasteiger partial charge on any atom is 0.320 e. The molecule has 1 aliphatic heterocycles. The van der Waals surface area contributed by atoms with Crippen molar-refractivity contribution in [1.29, 1.82) is 0 Å². The van der Waals surface area contributed by atoms with Crippen LogP contribution in [0, 0.1) is 0 Å². The van der Waals surface area contributed by atoms with Crippen LogP contribution in [-0.2, 0) is 4.79 Å². The van der Waals surface area contributed by atoms with E-state index in [1.807, 2.05) is 4.90 Å². The highest BCUT2D eigenvalue weighted by Crippen LogP contribution is 2.21. The summed E-state index contributed by atoms with van der Waals surface area (Å²) >= 11 is 0. The highest BCUT2D eigenvalue weighted by molar-refractivity contribution is 5.73. The molecule has 0 saturated carbocycles. The lowest BCUT2D eigenvalue weighted by Crippen LogP contribution is -2.48. The SMILES string of the molecule is CCCCC(C(=O)O)N1CCCCCC1CO. The summed E-state index contributed by atoms with van der Waals surface area (Å²) in [4.78, 5) is 13.4. The minimum Gasteiger partial charge on any atom is -0.480 e. The topological polar surface area (TPSA) is 60.8 Å². The Morgan fingerprint density at radius 2 is 2.18 bits per heavy atom. The molecule has 4 heteroatoms. The summed E-state index contributed by atoms with van der Waals surface area (Å²) in [6, 6.07) is -0.374. The summed E-state index contributed by atoms with van der Waals surface area (Å²) in [7, 11) is 0. The number of aliphatic hydroxyl groups is 1. The summed E-state index contributed by atoms with van der Waals surface area (Å²) in [6.07, 6.45) is 6.86. The lowest BCUT2D eigenvalue weighted by Gasteiger charge is -2.33. The van der Waals surface area contributed by atoms with Crippen molar-refractivity contribution in [3.8, 4) is 0 Å². The van der Waals surface area contributed by atoms with Crippen molar-refractivity contribution in [3.05, 3.63) is 0 Å². The van der Waals surface area contributed by atoms with Crippen molar-refractivity contribution in [3.63, 3.8) is 0 Å². The van der Waals surface area contributed by atoms with Gasteiger partial charge in [0.25, 0.3) is 0 Å². The molecule has 0 aromatic heterocycles. The molecule has 0 aliphatic carbocycles. The van der Waals surface area contributed by atoms with Gasteiger partial charge in [-0.1, -0.05) is 32.6 Å². The van der Waals surface area contributed by atoms with Gasteiger partial charge in [0.05, 0.1) is 6.61 Å². The first-order chi connectivity index (χ1) is 8.20. The fraction of sp³-hybridized carbons (Fsp3) is 0.923. The molecule has 0 amide bonds. The van der Waals surface area contributed by atoms with Crippen LogP contribution in [0.25, 0.3) is 0 Å². The first-order valence-corrected chi connectivity index (χ1v) is 6.80. The fourth-order valence-corrected chi connectivity index (χ4v) is 2.63. The molecular weight excluding hydrogens is 218 g/mol. The molecule has 1 heterocycles. The number of hydrogen-bond acceptors (Lipinski definition) is 3. The molecule has 2 atom stereocenters. The van der Waals surface area contributed by atoms with Gasteiger partial charge in [0.2, 0.25) is 0 Å². The van der Waals surface area contributed by atoms with Crippen LogP contribution < -0.4 is 0 Å². The maximum absolute atomic E-state index is 11.4. The molecule has 2 N–H and O–H groups in total. The Bertz CT molecular complexity index is 233. The number of aliphatic hydroxyl groups excluding tert-OH is 1. The molecule has 0 aromatic rings. The van der Waals surface area contributed by atoms with E-state index in [0.717, 1.165) is 45.1 Å². The number of nitrogens with zero attached hydrogens (tertiary/aromatic N) is 1. The molecule has 0 radical (unpaired) electrons. The summed E-state index contributed by atoms with van der Waals surface area (Å²) in [5.41, 5.74) is 0. The molecule has 4 nitrogen and oxygen atoms in total. The minimum atomic E-state index is -0.737. The van der Waals surface area contributed by atoms with E-state index in [0.29, 0.717) is 6.42 Å². The fourth-order valence-electron chi connectivity index (χ4n) is 2.63. The summed E-state index contributed by atoms with van der Waals surface area (Å²) in [5.74, 6) is -0.737. The Labute approximate surface area is 104 Å². The highest BCUT2D eigenvalue weighted by Gasteiger charge is 2.31. The van der Waals surface area contributed by atoms with Gasteiger partial charge in [0.1, 0.15) is 6.04 Å². The van der Waals surface area contributed by atoms with E-state index in [1.54, 1.807) is 0 Å². The largest absolute Gasteiger partial charge is 0.480 e. The number of aliphatic carboxylic acids is 1. The van der Waals surface area contributed by atoms with E-state index < -0.39 is 12.0 Å². The van der Waals surface area contributed by atoms with Crippen LogP contribution in [0.4, 0.5) is 0 Å². The van der Waals surface area contributed by atoms with E-state index in [4.69, 9.17) is 0 Å². The van der Waals surface area contributed by atoms with Crippen LogP contribution in [0.5, 0.6) is 0 Å². The first kappa shape index (κ1) is 14.5. The van der Waals surface area contributed by atoms with E-state index in [2.05, 4.69) is 6.92 Å². The smallest absolute Gasteiger partial charge is 0.320 e. The number of carbonyl (C=O) groups is 1. The number of hydrogen-bond donors (Lipinski definition) is 2. The molecule has 0 aromatic carbocycles. The lowest BCUT2D eigenvalue weighted by atomic mass is 10.0. The van der Waals surface area contributed by atoms with Crippen LogP contribution in [-0.4, -0.2) is 46.3 Å². The summed E-state index contributed by atoms with van der Waals surface area (Å²) in [6.45, 7) is 2.96. The molecule has 100 valence electrons. The van der Waals surface area contributed by atoms with Gasteiger partial charge in [-0.05, 0) is 25.8 Å². The molecule has 0 spiro atoms. The zero-order valence-corrected chi connectivity index (χ0v) is 10.8. The van der Waals surface area contributed by atoms with Gasteiger partial charge in [-0.3, -0.25) is 9.69 Å². The predicted octanol–water partition coefficient (Wildman–Crippen LogP) is 1.87. The average Bonchev–Trinajstić information content (AvgIpc) is 2.54. The van der Waals surface area contributed by atoms with Crippen molar-refractivity contribution < 1.29 is 15.0 Å². The average molecular weight is 243 g/mol. The molecule has 1 aliphatic rings. The van der Waals surface area contributed by atoms with Gasteiger partial charge < -0.3 is 10.2 Å². The van der Waals surface area contributed by atoms with Crippen LogP contribution in [0.1, 0.15) is 51.9 Å². The normalized spacial score (nSPS) is 24.2. The van der Waals surface area contributed by atoms with Crippen LogP contribution >= 0.6 is 0 Å². The molecule has 1 rings (SSSR count). The third-order valence-corrected chi connectivity index (χ3v) is 3.65. The third kappa shape index (κ3) is 4.28. The van der Waals surface area contributed by atoms with Gasteiger partial charge in [-0.25, -0.2) is 0 Å². The summed E-state index contributed by atoms with van der Waals surface area (Å²) < 4.78 is 0. The highest BCUT2D eigenvalue weighted by atomic mass is 16.4. The second-order valence-corrected chi connectivity index (χ2v) is 4.92. The van der Waals surface area contributed by atoms with Crippen LogP contribution in [0.3, 0.4) is 0 Å². The minimum absolute atomic E-state index is 0.0375. The zero-order chi connectivity index (χ0) is 12.7. The summed E-state index contributed by atoms with van der Waals surface area (Å²) in [5, 5.41) is 18.7. The van der Waals surface area contributed by atoms with Gasteiger partial charge in [-0.2, -0.15) is 0 Å². The molecule has 1 fully saturated rings. The monoisotopic (exact) mass is 243 g/mol. The van der Waals surface area contributed by atoms with E-state index >= 15 is 0 Å². The predicted molar refractivity (Wildman–Crippen MR) is 67.0 cm³/mol. The molecule has 1 saturated heterocycles. The number of unbranched alkanes of at least 4 members (excludes halogenated alkanes) is 1. The second kappa shape index (κ2) is 7.67. The quantitative estimate of drug-likeness (QED) is 0.747. The molecule has 17 heavy (non-hydrogen) atoms. The first-order valence-electron chi connectivity index (χ1n) is 6.80. The van der Waals surface area contributed by atoms with E-state index in [9.17, 15) is 15.0 Å². The van der Waals surface area contributed by atoms with E-state index in [-0.39, 0.29) is 12.6 Å². The van der Waals surface area contributed by atoms with Crippen molar-refractivity contribution >= 4 is 5.97 Å². The zero-order valence-electron chi connectivity index (χ0n) is 10.8. The van der Waals surface area contributed by atoms with Crippen molar-refractivity contribution in [2.24, 2.45) is 0 Å². The van der Waals surface area contributed by atoms with Crippen molar-refractivity contribution in [2.75, 3.05) is 13.2 Å². The third-order valence-electron chi connectivity index (χ3n) is 3.65. The van der Waals surface area contributed by atoms with Gasteiger partial charge >= 0.3 is 5.97 Å². The molecule has 0 bridgehead atoms.